The quantitative estimate of drug-likeness (QED) is 0.778. The predicted octanol–water partition coefficient (Wildman–Crippen LogP) is 2.13. The average molecular weight is 331 g/mol. The summed E-state index contributed by atoms with van der Waals surface area (Å²) in [6, 6.07) is 8.00. The fourth-order valence-electron chi connectivity index (χ4n) is 1.99. The van der Waals surface area contributed by atoms with E-state index in [9.17, 15) is 5.11 Å². The molecule has 0 amide bonds. The van der Waals surface area contributed by atoms with Crippen molar-refractivity contribution in [2.75, 3.05) is 20.3 Å². The molecule has 106 valence electrons. The van der Waals surface area contributed by atoms with Crippen LogP contribution in [0.3, 0.4) is 0 Å². The molecule has 3 unspecified atom stereocenters. The summed E-state index contributed by atoms with van der Waals surface area (Å²) in [5, 5.41) is 9.66. The molecule has 5 heteroatoms. The highest BCUT2D eigenvalue weighted by atomic mass is 79.9. The van der Waals surface area contributed by atoms with Gasteiger partial charge in [-0.3, -0.25) is 0 Å². The van der Waals surface area contributed by atoms with Crippen LogP contribution in [0.15, 0.2) is 28.7 Å². The molecule has 1 aromatic rings. The molecule has 1 aromatic carbocycles. The van der Waals surface area contributed by atoms with Gasteiger partial charge in [0.25, 0.3) is 0 Å². The average Bonchev–Trinajstić information content (AvgIpc) is 2.41. The molecule has 19 heavy (non-hydrogen) atoms. The lowest BCUT2D eigenvalue weighted by Crippen LogP contribution is -2.53. The van der Waals surface area contributed by atoms with Crippen molar-refractivity contribution < 1.29 is 19.3 Å². The van der Waals surface area contributed by atoms with E-state index in [2.05, 4.69) is 15.9 Å². The second kappa shape index (κ2) is 7.36. The van der Waals surface area contributed by atoms with Crippen LogP contribution in [-0.4, -0.2) is 43.7 Å². The molecular weight excluding hydrogens is 312 g/mol. The van der Waals surface area contributed by atoms with E-state index in [1.54, 1.807) is 7.11 Å². The maximum atomic E-state index is 9.66. The van der Waals surface area contributed by atoms with Gasteiger partial charge >= 0.3 is 0 Å². The summed E-state index contributed by atoms with van der Waals surface area (Å²) in [5.74, 6) is 0. The van der Waals surface area contributed by atoms with Crippen molar-refractivity contribution in [3.8, 4) is 0 Å². The lowest BCUT2D eigenvalue weighted by Gasteiger charge is -2.40. The Balaban J connectivity index is 1.74. The fourth-order valence-corrected chi connectivity index (χ4v) is 2.26. The Morgan fingerprint density at radius 1 is 1.21 bits per heavy atom. The second-order valence-corrected chi connectivity index (χ2v) is 5.52. The van der Waals surface area contributed by atoms with E-state index in [0.29, 0.717) is 26.2 Å². The van der Waals surface area contributed by atoms with Gasteiger partial charge in [-0.25, -0.2) is 0 Å². The lowest BCUT2D eigenvalue weighted by atomic mass is 9.88. The van der Waals surface area contributed by atoms with Crippen molar-refractivity contribution >= 4 is 15.9 Å². The van der Waals surface area contributed by atoms with Crippen LogP contribution in [0.4, 0.5) is 0 Å². The first-order valence-electron chi connectivity index (χ1n) is 6.35. The Labute approximate surface area is 121 Å². The van der Waals surface area contributed by atoms with Crippen molar-refractivity contribution in [2.24, 2.45) is 0 Å². The SMILES string of the molecule is COCCOC1C(O)CC1OCc1ccc(Br)cc1. The van der Waals surface area contributed by atoms with E-state index in [0.717, 1.165) is 10.0 Å². The smallest absolute Gasteiger partial charge is 0.110 e. The number of hydrogen-bond acceptors (Lipinski definition) is 4. The van der Waals surface area contributed by atoms with Gasteiger partial charge in [0.2, 0.25) is 0 Å². The van der Waals surface area contributed by atoms with Gasteiger partial charge in [0, 0.05) is 18.0 Å². The van der Waals surface area contributed by atoms with E-state index in [1.807, 2.05) is 24.3 Å². The highest BCUT2D eigenvalue weighted by molar-refractivity contribution is 9.10. The Morgan fingerprint density at radius 2 is 1.95 bits per heavy atom. The van der Waals surface area contributed by atoms with Gasteiger partial charge in [-0.1, -0.05) is 28.1 Å². The summed E-state index contributed by atoms with van der Waals surface area (Å²) >= 11 is 3.40. The van der Waals surface area contributed by atoms with E-state index >= 15 is 0 Å². The number of halogens is 1. The number of rotatable bonds is 7. The zero-order valence-electron chi connectivity index (χ0n) is 10.9. The van der Waals surface area contributed by atoms with Crippen LogP contribution < -0.4 is 0 Å². The molecule has 0 aliphatic heterocycles. The maximum absolute atomic E-state index is 9.66. The van der Waals surface area contributed by atoms with Crippen molar-refractivity contribution in [1.82, 2.24) is 0 Å². The summed E-state index contributed by atoms with van der Waals surface area (Å²) in [7, 11) is 1.63. The van der Waals surface area contributed by atoms with Crippen LogP contribution in [0.2, 0.25) is 0 Å². The highest BCUT2D eigenvalue weighted by Crippen LogP contribution is 2.28. The highest BCUT2D eigenvalue weighted by Gasteiger charge is 2.41. The van der Waals surface area contributed by atoms with Crippen LogP contribution in [0, 0.1) is 0 Å². The minimum Gasteiger partial charge on any atom is -0.390 e. The largest absolute Gasteiger partial charge is 0.390 e. The molecule has 0 saturated heterocycles. The third-order valence-electron chi connectivity index (χ3n) is 3.19. The monoisotopic (exact) mass is 330 g/mol. The Bertz CT molecular complexity index is 382. The van der Waals surface area contributed by atoms with Crippen LogP contribution in [0.5, 0.6) is 0 Å². The van der Waals surface area contributed by atoms with Crippen LogP contribution >= 0.6 is 15.9 Å². The van der Waals surface area contributed by atoms with Gasteiger partial charge in [0.05, 0.1) is 32.0 Å². The summed E-state index contributed by atoms with van der Waals surface area (Å²) < 4.78 is 17.3. The van der Waals surface area contributed by atoms with Crippen LogP contribution in [-0.2, 0) is 20.8 Å². The minimum atomic E-state index is -0.424. The van der Waals surface area contributed by atoms with E-state index in [-0.39, 0.29) is 12.2 Å². The number of hydrogen-bond donors (Lipinski definition) is 1. The van der Waals surface area contributed by atoms with Crippen molar-refractivity contribution in [2.45, 2.75) is 31.3 Å². The zero-order chi connectivity index (χ0) is 13.7. The first kappa shape index (κ1) is 14.9. The molecule has 1 fully saturated rings. The van der Waals surface area contributed by atoms with Gasteiger partial charge in [-0.15, -0.1) is 0 Å². The summed E-state index contributed by atoms with van der Waals surface area (Å²) in [4.78, 5) is 0. The van der Waals surface area contributed by atoms with Gasteiger partial charge in [0.1, 0.15) is 6.10 Å². The molecule has 0 radical (unpaired) electrons. The van der Waals surface area contributed by atoms with Crippen LogP contribution in [0.1, 0.15) is 12.0 Å². The Kier molecular flexibility index (Phi) is 5.78. The van der Waals surface area contributed by atoms with Gasteiger partial charge in [0.15, 0.2) is 0 Å². The van der Waals surface area contributed by atoms with Crippen molar-refractivity contribution in [1.29, 1.82) is 0 Å². The van der Waals surface area contributed by atoms with E-state index < -0.39 is 6.10 Å². The molecule has 1 N–H and O–H groups in total. The molecule has 4 nitrogen and oxygen atoms in total. The molecule has 0 aromatic heterocycles. The number of ether oxygens (including phenoxy) is 3. The normalized spacial score (nSPS) is 26.2. The standard InChI is InChI=1S/C14H19BrO4/c1-17-6-7-18-14-12(16)8-13(14)19-9-10-2-4-11(15)5-3-10/h2-5,12-14,16H,6-9H2,1H3. The molecule has 1 saturated carbocycles. The third kappa shape index (κ3) is 4.26. The molecule has 3 atom stereocenters. The number of benzene rings is 1. The molecule has 0 spiro atoms. The molecule has 0 heterocycles. The van der Waals surface area contributed by atoms with Crippen molar-refractivity contribution in [3.05, 3.63) is 34.3 Å². The van der Waals surface area contributed by atoms with Crippen molar-refractivity contribution in [3.63, 3.8) is 0 Å². The first-order chi connectivity index (χ1) is 9.20. The summed E-state index contributed by atoms with van der Waals surface area (Å²) in [6.07, 6.45) is -0.0540. The zero-order valence-corrected chi connectivity index (χ0v) is 12.5. The molecule has 0 bridgehead atoms. The van der Waals surface area contributed by atoms with Gasteiger partial charge in [-0.2, -0.15) is 0 Å². The van der Waals surface area contributed by atoms with Gasteiger partial charge < -0.3 is 19.3 Å². The fraction of sp³-hybridized carbons (Fsp3) is 0.571. The van der Waals surface area contributed by atoms with E-state index in [1.165, 1.54) is 0 Å². The first-order valence-corrected chi connectivity index (χ1v) is 7.14. The summed E-state index contributed by atoms with van der Waals surface area (Å²) in [6.45, 7) is 1.55. The number of aliphatic hydroxyl groups is 1. The Morgan fingerprint density at radius 3 is 2.58 bits per heavy atom. The summed E-state index contributed by atoms with van der Waals surface area (Å²) in [5.41, 5.74) is 1.11. The predicted molar refractivity (Wildman–Crippen MR) is 75.0 cm³/mol. The molecule has 2 rings (SSSR count). The molecule has 1 aliphatic rings. The Hall–Kier alpha value is -0.460. The number of aliphatic hydroxyl groups excluding tert-OH is 1. The minimum absolute atomic E-state index is 0.0319. The molecular formula is C14H19BrO4. The second-order valence-electron chi connectivity index (χ2n) is 4.61. The lowest BCUT2D eigenvalue weighted by molar-refractivity contribution is -0.199. The van der Waals surface area contributed by atoms with Crippen LogP contribution in [0.25, 0.3) is 0 Å². The topological polar surface area (TPSA) is 47.9 Å². The van der Waals surface area contributed by atoms with Gasteiger partial charge in [-0.05, 0) is 17.7 Å². The number of methoxy groups -OCH3 is 1. The molecule has 1 aliphatic carbocycles. The van der Waals surface area contributed by atoms with E-state index in [4.69, 9.17) is 14.2 Å². The maximum Gasteiger partial charge on any atom is 0.110 e. The third-order valence-corrected chi connectivity index (χ3v) is 3.72.